The molecule has 5 rings (SSSR count). The lowest BCUT2D eigenvalue weighted by Crippen LogP contribution is -2.54. The number of carbonyl (C=O) groups is 1. The molecular weight excluding hydrogens is 419 g/mol. The van der Waals surface area contributed by atoms with Gasteiger partial charge in [0, 0.05) is 37.6 Å². The third-order valence-electron chi connectivity index (χ3n) is 6.40. The number of aromatic nitrogens is 2. The van der Waals surface area contributed by atoms with Gasteiger partial charge in [-0.3, -0.25) is 0 Å². The minimum Gasteiger partial charge on any atom is -0.313 e. The Morgan fingerprint density at radius 1 is 1.18 bits per heavy atom. The molecule has 0 radical (unpaired) electrons. The molecule has 2 aliphatic rings. The number of likely N-dealkylation sites (N-methyl/N-ethyl adjacent to an activating group) is 1. The van der Waals surface area contributed by atoms with Gasteiger partial charge in [0.15, 0.2) is 12.0 Å². The lowest BCUT2D eigenvalue weighted by atomic mass is 9.87. The average Bonchev–Trinajstić information content (AvgIpc) is 3.42. The topological polar surface area (TPSA) is 74.9 Å². The normalized spacial score (nSPS) is 21.8. The monoisotopic (exact) mass is 444 g/mol. The third-order valence-corrected chi connectivity index (χ3v) is 6.40. The number of amidine groups is 1. The van der Waals surface area contributed by atoms with Crippen LogP contribution in [-0.2, 0) is 6.42 Å². The van der Waals surface area contributed by atoms with Crippen molar-refractivity contribution in [3.8, 4) is 5.69 Å². The highest BCUT2D eigenvalue weighted by Crippen LogP contribution is 2.33. The number of halogens is 1. The van der Waals surface area contributed by atoms with Crippen molar-refractivity contribution < 1.29 is 9.18 Å². The van der Waals surface area contributed by atoms with Gasteiger partial charge in [0.05, 0.1) is 5.69 Å². The molecule has 1 N–H and O–H groups in total. The molecule has 7 nitrogen and oxygen atoms in total. The van der Waals surface area contributed by atoms with Crippen LogP contribution in [0.2, 0.25) is 0 Å². The second-order valence-corrected chi connectivity index (χ2v) is 8.79. The van der Waals surface area contributed by atoms with Crippen molar-refractivity contribution in [2.24, 2.45) is 9.98 Å². The first kappa shape index (κ1) is 21.1. The van der Waals surface area contributed by atoms with E-state index in [1.165, 1.54) is 12.1 Å². The lowest BCUT2D eigenvalue weighted by Gasteiger charge is -2.36. The molecule has 0 saturated carbocycles. The van der Waals surface area contributed by atoms with E-state index in [4.69, 9.17) is 4.99 Å². The molecule has 2 unspecified atom stereocenters. The molecule has 1 fully saturated rings. The van der Waals surface area contributed by atoms with Crippen LogP contribution in [0.3, 0.4) is 0 Å². The van der Waals surface area contributed by atoms with Crippen molar-refractivity contribution >= 4 is 18.1 Å². The molecule has 33 heavy (non-hydrogen) atoms. The maximum absolute atomic E-state index is 14.1. The molecule has 8 heteroatoms. The average molecular weight is 445 g/mol. The predicted molar refractivity (Wildman–Crippen MR) is 126 cm³/mol. The number of nitrogens with zero attached hydrogens (tertiary/aromatic N) is 5. The van der Waals surface area contributed by atoms with Gasteiger partial charge in [0.25, 0.3) is 0 Å². The van der Waals surface area contributed by atoms with E-state index in [9.17, 15) is 9.18 Å². The fourth-order valence-electron chi connectivity index (χ4n) is 4.48. The molecule has 3 aromatic rings. The molecule has 0 aliphatic carbocycles. The van der Waals surface area contributed by atoms with Crippen LogP contribution in [-0.4, -0.2) is 51.5 Å². The fourth-order valence-corrected chi connectivity index (χ4v) is 4.48. The number of urea groups is 1. The Hall–Kier alpha value is -3.81. The first-order valence-electron chi connectivity index (χ1n) is 10.9. The number of fused-ring (bicyclic) bond motifs is 1. The quantitative estimate of drug-likeness (QED) is 0.648. The zero-order valence-corrected chi connectivity index (χ0v) is 18.7. The van der Waals surface area contributed by atoms with E-state index in [0.717, 1.165) is 16.8 Å². The number of aliphatic imine (C=N–C) groups is 2. The summed E-state index contributed by atoms with van der Waals surface area (Å²) in [4.78, 5) is 23.7. The maximum atomic E-state index is 14.1. The van der Waals surface area contributed by atoms with Crippen LogP contribution in [0, 0.1) is 5.82 Å². The van der Waals surface area contributed by atoms with Crippen molar-refractivity contribution in [1.29, 1.82) is 0 Å². The first-order chi connectivity index (χ1) is 15.9. The summed E-state index contributed by atoms with van der Waals surface area (Å²) in [5.41, 5.74) is 2.86. The van der Waals surface area contributed by atoms with Gasteiger partial charge in [0.1, 0.15) is 11.4 Å². The van der Waals surface area contributed by atoms with Gasteiger partial charge >= 0.3 is 6.03 Å². The molecule has 2 atom stereocenters. The highest BCUT2D eigenvalue weighted by molar-refractivity contribution is 6.08. The third kappa shape index (κ3) is 3.61. The van der Waals surface area contributed by atoms with Crippen LogP contribution in [0.5, 0.6) is 0 Å². The van der Waals surface area contributed by atoms with Crippen LogP contribution in [0.4, 0.5) is 9.18 Å². The van der Waals surface area contributed by atoms with Crippen LogP contribution in [0.15, 0.2) is 70.9 Å². The predicted octanol–water partition coefficient (Wildman–Crippen LogP) is 3.93. The van der Waals surface area contributed by atoms with Crippen molar-refractivity contribution in [2.75, 3.05) is 7.05 Å². The van der Waals surface area contributed by atoms with Gasteiger partial charge in [-0.2, -0.15) is 5.10 Å². The minimum absolute atomic E-state index is 0.180. The van der Waals surface area contributed by atoms with Crippen molar-refractivity contribution in [3.63, 3.8) is 0 Å². The molecule has 168 valence electrons. The van der Waals surface area contributed by atoms with Crippen LogP contribution in [0.25, 0.3) is 5.69 Å². The van der Waals surface area contributed by atoms with E-state index in [0.29, 0.717) is 17.8 Å². The Bertz CT molecular complexity index is 1250. The standard InChI is InChI=1S/C25H25FN6O/c1-16(2)20-10-7-18(26)13-21(20)22-27-15-25(23(29-22)30-24(33)31(25)3)14-17-5-8-19(9-6-17)32-12-4-11-28-32/h4-13,15-16,23H,14H2,1-3H3,(H,30,33). The summed E-state index contributed by atoms with van der Waals surface area (Å²) in [7, 11) is 1.75. The smallest absolute Gasteiger partial charge is 0.313 e. The van der Waals surface area contributed by atoms with Crippen molar-refractivity contribution in [3.05, 3.63) is 83.4 Å². The second kappa shape index (κ2) is 7.95. The van der Waals surface area contributed by atoms with Gasteiger partial charge < -0.3 is 10.2 Å². The molecule has 2 aromatic carbocycles. The molecule has 2 amide bonds. The number of benzene rings is 2. The highest BCUT2D eigenvalue weighted by Gasteiger charge is 2.52. The van der Waals surface area contributed by atoms with Crippen LogP contribution < -0.4 is 5.32 Å². The number of carbonyl (C=O) groups excluding carboxylic acids is 1. The maximum Gasteiger partial charge on any atom is 0.319 e. The van der Waals surface area contributed by atoms with Gasteiger partial charge in [-0.25, -0.2) is 23.9 Å². The summed E-state index contributed by atoms with van der Waals surface area (Å²) < 4.78 is 15.9. The van der Waals surface area contributed by atoms with Gasteiger partial charge in [-0.15, -0.1) is 0 Å². The zero-order valence-electron chi connectivity index (χ0n) is 18.7. The summed E-state index contributed by atoms with van der Waals surface area (Å²) in [6, 6.07) is 14.4. The van der Waals surface area contributed by atoms with E-state index in [1.807, 2.05) is 50.4 Å². The van der Waals surface area contributed by atoms with Gasteiger partial charge in [-0.1, -0.05) is 32.0 Å². The Balaban J connectivity index is 1.48. The van der Waals surface area contributed by atoms with Crippen molar-refractivity contribution in [2.45, 2.75) is 37.9 Å². The Morgan fingerprint density at radius 3 is 2.67 bits per heavy atom. The Morgan fingerprint density at radius 2 is 1.97 bits per heavy atom. The zero-order chi connectivity index (χ0) is 23.2. The molecule has 1 saturated heterocycles. The molecule has 2 aliphatic heterocycles. The number of rotatable bonds is 5. The van der Waals surface area contributed by atoms with E-state index < -0.39 is 11.7 Å². The fraction of sp³-hybridized carbons (Fsp3) is 0.280. The number of hydrogen-bond donors (Lipinski definition) is 1. The van der Waals surface area contributed by atoms with Crippen LogP contribution in [0.1, 0.15) is 36.5 Å². The van der Waals surface area contributed by atoms with E-state index in [2.05, 4.69) is 15.4 Å². The SMILES string of the molecule is CC(C)c1ccc(F)cc1C1=NC2NC(=O)N(C)C2(Cc2ccc(-n3cccn3)cc2)C=N1. The van der Waals surface area contributed by atoms with Gasteiger partial charge in [0.2, 0.25) is 0 Å². The molecule has 1 aromatic heterocycles. The Kier molecular flexibility index (Phi) is 5.08. The molecule has 3 heterocycles. The van der Waals surface area contributed by atoms with Crippen molar-refractivity contribution in [1.82, 2.24) is 20.0 Å². The molecular formula is C25H25FN6O. The summed E-state index contributed by atoms with van der Waals surface area (Å²) in [6.45, 7) is 4.10. The number of amides is 2. The largest absolute Gasteiger partial charge is 0.319 e. The Labute approximate surface area is 191 Å². The summed E-state index contributed by atoms with van der Waals surface area (Å²) in [5.74, 6) is 0.275. The van der Waals surface area contributed by atoms with Gasteiger partial charge in [-0.05, 0) is 47.4 Å². The van der Waals surface area contributed by atoms with Crippen LogP contribution >= 0.6 is 0 Å². The number of nitrogens with one attached hydrogen (secondary N) is 1. The molecule has 0 spiro atoms. The van der Waals surface area contributed by atoms with E-state index >= 15 is 0 Å². The molecule has 0 bridgehead atoms. The summed E-state index contributed by atoms with van der Waals surface area (Å²) in [5, 5.41) is 7.22. The first-order valence-corrected chi connectivity index (χ1v) is 10.9. The summed E-state index contributed by atoms with van der Waals surface area (Å²) in [6.07, 6.45) is 5.41. The van der Waals surface area contributed by atoms with E-state index in [1.54, 1.807) is 35.1 Å². The highest BCUT2D eigenvalue weighted by atomic mass is 19.1. The van der Waals surface area contributed by atoms with E-state index in [-0.39, 0.29) is 17.8 Å². The summed E-state index contributed by atoms with van der Waals surface area (Å²) >= 11 is 0. The minimum atomic E-state index is -0.751. The second-order valence-electron chi connectivity index (χ2n) is 8.79. The number of hydrogen-bond acceptors (Lipinski definition) is 4. The lowest BCUT2D eigenvalue weighted by molar-refractivity contribution is 0.202.